The van der Waals surface area contributed by atoms with Gasteiger partial charge in [-0.15, -0.1) is 0 Å². The van der Waals surface area contributed by atoms with Crippen molar-refractivity contribution in [2.75, 3.05) is 0 Å². The number of rotatable bonds is 5. The maximum absolute atomic E-state index is 10.5. The molecule has 256 valence electrons. The molecule has 52 heavy (non-hydrogen) atoms. The molecule has 0 aliphatic heterocycles. The van der Waals surface area contributed by atoms with Crippen molar-refractivity contribution >= 4 is 0 Å². The summed E-state index contributed by atoms with van der Waals surface area (Å²) in [6.07, 6.45) is 6.44. The Morgan fingerprint density at radius 3 is 1.62 bits per heavy atom. The zero-order valence-corrected chi connectivity index (χ0v) is 30.5. The average molecular weight is 677 g/mol. The normalized spacial score (nSPS) is 22.6. The van der Waals surface area contributed by atoms with Crippen molar-refractivity contribution in [2.24, 2.45) is 17.8 Å². The molecule has 0 amide bonds. The highest BCUT2D eigenvalue weighted by atomic mass is 15.0. The van der Waals surface area contributed by atoms with Crippen molar-refractivity contribution in [1.29, 1.82) is 5.26 Å². The van der Waals surface area contributed by atoms with Crippen LogP contribution in [0.1, 0.15) is 82.1 Å². The van der Waals surface area contributed by atoms with Crippen LogP contribution < -0.4 is 0 Å². The molecule has 1 heterocycles. The smallest absolute Gasteiger partial charge is 0.164 e. The molecule has 2 unspecified atom stereocenters. The quantitative estimate of drug-likeness (QED) is 0.182. The van der Waals surface area contributed by atoms with E-state index in [0.717, 1.165) is 51.1 Å². The molecule has 2 bridgehead atoms. The van der Waals surface area contributed by atoms with E-state index in [1.165, 1.54) is 59.9 Å². The summed E-state index contributed by atoms with van der Waals surface area (Å²) < 4.78 is 0. The standard InChI is InChI=1S/C48H44N4/c1-30-21-32-22-31(2)27-48(26-30,28-32)38-17-20-39(37(23-38)29-49)35-15-18-40-41-19-16-36(25-43(41)47(3,4)42(40)24-35)46-51-44(33-11-7-5-8-12-33)50-45(52-46)34-13-9-6-10-14-34/h5-20,23-25,30-32H,21-22,26-28H2,1-4H3/t30-,31+,32?,48?. The van der Waals surface area contributed by atoms with E-state index >= 15 is 0 Å². The molecule has 1 aromatic heterocycles. The Balaban J connectivity index is 1.09. The maximum Gasteiger partial charge on any atom is 0.164 e. The summed E-state index contributed by atoms with van der Waals surface area (Å²) in [6, 6.07) is 43.1. The molecule has 2 fully saturated rings. The third kappa shape index (κ3) is 5.46. The molecule has 3 aliphatic rings. The summed E-state index contributed by atoms with van der Waals surface area (Å²) in [5.41, 5.74) is 12.1. The highest BCUT2D eigenvalue weighted by molar-refractivity contribution is 5.86. The Labute approximate surface area is 307 Å². The van der Waals surface area contributed by atoms with Crippen LogP contribution in [0.15, 0.2) is 115 Å². The van der Waals surface area contributed by atoms with Gasteiger partial charge in [0.1, 0.15) is 0 Å². The molecule has 5 aromatic carbocycles. The van der Waals surface area contributed by atoms with Crippen molar-refractivity contribution in [1.82, 2.24) is 15.0 Å². The first-order valence-corrected chi connectivity index (χ1v) is 18.9. The summed E-state index contributed by atoms with van der Waals surface area (Å²) >= 11 is 0. The van der Waals surface area contributed by atoms with Gasteiger partial charge in [0.05, 0.1) is 11.6 Å². The highest BCUT2D eigenvalue weighted by Crippen LogP contribution is 2.55. The van der Waals surface area contributed by atoms with Gasteiger partial charge in [0.25, 0.3) is 0 Å². The van der Waals surface area contributed by atoms with Crippen molar-refractivity contribution in [3.63, 3.8) is 0 Å². The Bertz CT molecular complexity index is 2290. The van der Waals surface area contributed by atoms with Crippen LogP contribution in [0.3, 0.4) is 0 Å². The van der Waals surface area contributed by atoms with Crippen LogP contribution >= 0.6 is 0 Å². The fraction of sp³-hybridized carbons (Fsp3) is 0.292. The minimum absolute atomic E-state index is 0.200. The molecule has 4 atom stereocenters. The Morgan fingerprint density at radius 2 is 1.06 bits per heavy atom. The first-order chi connectivity index (χ1) is 25.2. The van der Waals surface area contributed by atoms with Gasteiger partial charge >= 0.3 is 0 Å². The second kappa shape index (κ2) is 12.4. The molecule has 6 aromatic rings. The highest BCUT2D eigenvalue weighted by Gasteiger charge is 2.45. The van der Waals surface area contributed by atoms with Gasteiger partial charge in [-0.3, -0.25) is 0 Å². The maximum atomic E-state index is 10.5. The van der Waals surface area contributed by atoms with E-state index in [4.69, 9.17) is 15.0 Å². The van der Waals surface area contributed by atoms with Crippen LogP contribution in [0, 0.1) is 29.1 Å². The molecule has 9 rings (SSSR count). The van der Waals surface area contributed by atoms with Crippen LogP contribution in [-0.4, -0.2) is 15.0 Å². The van der Waals surface area contributed by atoms with Gasteiger partial charge in [-0.25, -0.2) is 15.0 Å². The fourth-order valence-electron chi connectivity index (χ4n) is 10.3. The Kier molecular flexibility index (Phi) is 7.74. The van der Waals surface area contributed by atoms with Gasteiger partial charge in [0.2, 0.25) is 0 Å². The molecule has 0 spiro atoms. The van der Waals surface area contributed by atoms with E-state index in [1.54, 1.807) is 0 Å². The lowest BCUT2D eigenvalue weighted by Gasteiger charge is -2.50. The van der Waals surface area contributed by atoms with Crippen molar-refractivity contribution in [2.45, 2.75) is 70.6 Å². The number of nitriles is 1. The lowest BCUT2D eigenvalue weighted by atomic mass is 9.54. The first-order valence-electron chi connectivity index (χ1n) is 18.9. The number of hydrogen-bond acceptors (Lipinski definition) is 4. The monoisotopic (exact) mass is 676 g/mol. The van der Waals surface area contributed by atoms with Gasteiger partial charge in [-0.05, 0) is 112 Å². The predicted molar refractivity (Wildman–Crippen MR) is 210 cm³/mol. The zero-order valence-electron chi connectivity index (χ0n) is 30.5. The summed E-state index contributed by atoms with van der Waals surface area (Å²) in [7, 11) is 0. The second-order valence-corrected chi connectivity index (χ2v) is 16.5. The van der Waals surface area contributed by atoms with E-state index < -0.39 is 0 Å². The number of aromatic nitrogens is 3. The van der Waals surface area contributed by atoms with Crippen molar-refractivity contribution in [3.05, 3.63) is 138 Å². The minimum atomic E-state index is -0.259. The summed E-state index contributed by atoms with van der Waals surface area (Å²) in [5, 5.41) is 10.5. The van der Waals surface area contributed by atoms with Crippen LogP contribution in [0.5, 0.6) is 0 Å². The van der Waals surface area contributed by atoms with E-state index in [2.05, 4.69) is 88.4 Å². The lowest BCUT2D eigenvalue weighted by Crippen LogP contribution is -2.42. The Hall–Kier alpha value is -5.40. The largest absolute Gasteiger partial charge is 0.208 e. The van der Waals surface area contributed by atoms with Gasteiger partial charge < -0.3 is 0 Å². The molecule has 0 saturated heterocycles. The average Bonchev–Trinajstić information content (AvgIpc) is 3.39. The lowest BCUT2D eigenvalue weighted by molar-refractivity contribution is 0.0780. The van der Waals surface area contributed by atoms with E-state index in [1.807, 2.05) is 60.7 Å². The summed E-state index contributed by atoms with van der Waals surface area (Å²) in [5.74, 6) is 4.26. The van der Waals surface area contributed by atoms with Gasteiger partial charge in [-0.2, -0.15) is 5.26 Å². The molecule has 2 saturated carbocycles. The molecular formula is C48H44N4. The molecule has 4 heteroatoms. The number of benzene rings is 5. The molecule has 4 nitrogen and oxygen atoms in total. The van der Waals surface area contributed by atoms with Gasteiger partial charge in [-0.1, -0.05) is 125 Å². The predicted octanol–water partition coefficient (Wildman–Crippen LogP) is 11.8. The third-order valence-corrected chi connectivity index (χ3v) is 12.3. The summed E-state index contributed by atoms with van der Waals surface area (Å²) in [4.78, 5) is 14.9. The minimum Gasteiger partial charge on any atom is -0.208 e. The van der Waals surface area contributed by atoms with E-state index in [-0.39, 0.29) is 10.8 Å². The second-order valence-electron chi connectivity index (χ2n) is 16.5. The number of hydrogen-bond donors (Lipinski definition) is 0. The fourth-order valence-corrected chi connectivity index (χ4v) is 10.3. The van der Waals surface area contributed by atoms with E-state index in [0.29, 0.717) is 17.5 Å². The molecule has 0 radical (unpaired) electrons. The molecular weight excluding hydrogens is 633 g/mol. The topological polar surface area (TPSA) is 62.5 Å². The van der Waals surface area contributed by atoms with Gasteiger partial charge in [0.15, 0.2) is 17.5 Å². The number of fused-ring (bicyclic) bond motifs is 5. The van der Waals surface area contributed by atoms with E-state index in [9.17, 15) is 5.26 Å². The summed E-state index contributed by atoms with van der Waals surface area (Å²) in [6.45, 7) is 9.47. The van der Waals surface area contributed by atoms with Gasteiger partial charge in [0, 0.05) is 22.1 Å². The van der Waals surface area contributed by atoms with Crippen LogP contribution in [0.4, 0.5) is 0 Å². The first kappa shape index (κ1) is 32.5. The van der Waals surface area contributed by atoms with Crippen LogP contribution in [-0.2, 0) is 10.8 Å². The molecule has 3 aliphatic carbocycles. The van der Waals surface area contributed by atoms with Crippen LogP contribution in [0.2, 0.25) is 0 Å². The Morgan fingerprint density at radius 1 is 0.558 bits per heavy atom. The van der Waals surface area contributed by atoms with Crippen molar-refractivity contribution in [3.8, 4) is 62.5 Å². The van der Waals surface area contributed by atoms with Crippen LogP contribution in [0.25, 0.3) is 56.4 Å². The third-order valence-electron chi connectivity index (χ3n) is 12.3. The molecule has 0 N–H and O–H groups in total. The van der Waals surface area contributed by atoms with Crippen molar-refractivity contribution < 1.29 is 0 Å². The number of nitrogens with zero attached hydrogens (tertiary/aromatic N) is 4. The SMILES string of the molecule is C[C@@H]1CC2C[C@H](C)CC(c3ccc(-c4ccc5c(c4)C(C)(C)c4cc(-c6nc(-c7ccccc7)nc(-c7ccccc7)n6)ccc4-5)c(C#N)c3)(C2)C1. The zero-order chi connectivity index (χ0) is 35.6.